The fourth-order valence-electron chi connectivity index (χ4n) is 3.18. The van der Waals surface area contributed by atoms with Crippen molar-refractivity contribution in [1.82, 2.24) is 15.1 Å². The minimum atomic E-state index is 0.0795. The molecule has 2 heterocycles. The molecular formula is C21H21ClN4O2S. The van der Waals surface area contributed by atoms with Crippen molar-refractivity contribution in [2.75, 3.05) is 36.8 Å². The zero-order chi connectivity index (χ0) is 20.2. The summed E-state index contributed by atoms with van der Waals surface area (Å²) in [7, 11) is 0. The molecule has 1 fully saturated rings. The molecule has 2 aromatic carbocycles. The average molecular weight is 429 g/mol. The number of hydrogen-bond donors (Lipinski definition) is 0. The van der Waals surface area contributed by atoms with E-state index in [1.54, 1.807) is 0 Å². The molecule has 1 saturated heterocycles. The van der Waals surface area contributed by atoms with Gasteiger partial charge in [0, 0.05) is 42.5 Å². The Labute approximate surface area is 178 Å². The Balaban J connectivity index is 1.28. The maximum absolute atomic E-state index is 12.6. The summed E-state index contributed by atoms with van der Waals surface area (Å²) < 4.78 is 5.68. The van der Waals surface area contributed by atoms with E-state index in [9.17, 15) is 4.79 Å². The van der Waals surface area contributed by atoms with Gasteiger partial charge >= 0.3 is 0 Å². The second-order valence-electron chi connectivity index (χ2n) is 6.88. The molecule has 8 heteroatoms. The molecule has 150 valence electrons. The number of anilines is 1. The van der Waals surface area contributed by atoms with Gasteiger partial charge in [-0.15, -0.1) is 10.2 Å². The first kappa shape index (κ1) is 19.8. The normalized spacial score (nSPS) is 14.3. The van der Waals surface area contributed by atoms with Gasteiger partial charge in [-0.2, -0.15) is 0 Å². The van der Waals surface area contributed by atoms with E-state index in [-0.39, 0.29) is 11.7 Å². The molecule has 0 unspecified atom stereocenters. The van der Waals surface area contributed by atoms with Crippen molar-refractivity contribution >= 4 is 35.0 Å². The van der Waals surface area contributed by atoms with Gasteiger partial charge in [-0.1, -0.05) is 47.1 Å². The fraction of sp³-hybridized carbons (Fsp3) is 0.286. The Morgan fingerprint density at radius 2 is 1.86 bits per heavy atom. The largest absolute Gasteiger partial charge is 0.411 e. The highest BCUT2D eigenvalue weighted by Crippen LogP contribution is 2.24. The molecule has 3 aromatic rings. The zero-order valence-electron chi connectivity index (χ0n) is 16.0. The summed E-state index contributed by atoms with van der Waals surface area (Å²) in [6.07, 6.45) is 0. The summed E-state index contributed by atoms with van der Waals surface area (Å²) in [5, 5.41) is 9.26. The molecule has 29 heavy (non-hydrogen) atoms. The van der Waals surface area contributed by atoms with E-state index in [0.29, 0.717) is 24.2 Å². The van der Waals surface area contributed by atoms with E-state index in [1.807, 2.05) is 60.4 Å². The average Bonchev–Trinajstić information content (AvgIpc) is 3.22. The van der Waals surface area contributed by atoms with Crippen LogP contribution in [0.4, 0.5) is 5.69 Å². The number of rotatable bonds is 5. The SMILES string of the molecule is Cc1ccc(-c2nnc(SCC(=O)N3CCN(c4cccc(Cl)c4)CC3)o2)cc1. The Morgan fingerprint density at radius 3 is 2.59 bits per heavy atom. The first-order chi connectivity index (χ1) is 14.1. The number of nitrogens with zero attached hydrogens (tertiary/aromatic N) is 4. The number of carbonyl (C=O) groups excluding carboxylic acids is 1. The van der Waals surface area contributed by atoms with E-state index in [4.69, 9.17) is 16.0 Å². The third-order valence-corrected chi connectivity index (χ3v) is 5.87. The quantitative estimate of drug-likeness (QED) is 0.569. The van der Waals surface area contributed by atoms with Crippen molar-refractivity contribution < 1.29 is 9.21 Å². The van der Waals surface area contributed by atoms with Crippen LogP contribution in [0.3, 0.4) is 0 Å². The monoisotopic (exact) mass is 428 g/mol. The molecule has 0 atom stereocenters. The third-order valence-electron chi connectivity index (χ3n) is 4.83. The molecule has 0 N–H and O–H groups in total. The number of aromatic nitrogens is 2. The number of benzene rings is 2. The van der Waals surface area contributed by atoms with Crippen LogP contribution in [0.25, 0.3) is 11.5 Å². The number of piperazine rings is 1. The van der Waals surface area contributed by atoms with Gasteiger partial charge in [-0.05, 0) is 37.3 Å². The molecule has 0 aliphatic carbocycles. The molecule has 1 aliphatic rings. The van der Waals surface area contributed by atoms with Crippen molar-refractivity contribution in [1.29, 1.82) is 0 Å². The maximum Gasteiger partial charge on any atom is 0.277 e. The van der Waals surface area contributed by atoms with E-state index in [1.165, 1.54) is 17.3 Å². The van der Waals surface area contributed by atoms with Crippen LogP contribution in [-0.4, -0.2) is 52.9 Å². The van der Waals surface area contributed by atoms with Crippen LogP contribution in [0.15, 0.2) is 58.2 Å². The predicted octanol–water partition coefficient (Wildman–Crippen LogP) is 4.14. The number of hydrogen-bond acceptors (Lipinski definition) is 6. The van der Waals surface area contributed by atoms with Gasteiger partial charge in [0.15, 0.2) is 0 Å². The molecule has 1 aliphatic heterocycles. The minimum Gasteiger partial charge on any atom is -0.411 e. The van der Waals surface area contributed by atoms with Gasteiger partial charge in [0.25, 0.3) is 5.22 Å². The van der Waals surface area contributed by atoms with Gasteiger partial charge in [0.05, 0.1) is 5.75 Å². The highest BCUT2D eigenvalue weighted by atomic mass is 35.5. The minimum absolute atomic E-state index is 0.0795. The van der Waals surface area contributed by atoms with E-state index < -0.39 is 0 Å². The molecule has 1 amide bonds. The molecule has 6 nitrogen and oxygen atoms in total. The fourth-order valence-corrected chi connectivity index (χ4v) is 4.03. The van der Waals surface area contributed by atoms with E-state index in [0.717, 1.165) is 29.4 Å². The summed E-state index contributed by atoms with van der Waals surface area (Å²) >= 11 is 7.35. The number of aryl methyl sites for hydroxylation is 1. The van der Waals surface area contributed by atoms with Crippen molar-refractivity contribution in [3.63, 3.8) is 0 Å². The molecule has 4 rings (SSSR count). The molecule has 1 aromatic heterocycles. The molecule has 0 radical (unpaired) electrons. The van der Waals surface area contributed by atoms with Gasteiger partial charge in [0.2, 0.25) is 11.8 Å². The molecular weight excluding hydrogens is 408 g/mol. The Bertz CT molecular complexity index is 984. The van der Waals surface area contributed by atoms with Crippen molar-refractivity contribution in [2.24, 2.45) is 0 Å². The first-order valence-corrected chi connectivity index (χ1v) is 10.8. The highest BCUT2D eigenvalue weighted by molar-refractivity contribution is 7.99. The van der Waals surface area contributed by atoms with Gasteiger partial charge in [-0.3, -0.25) is 4.79 Å². The van der Waals surface area contributed by atoms with Crippen LogP contribution < -0.4 is 4.90 Å². The summed E-state index contributed by atoms with van der Waals surface area (Å²) in [6.45, 7) is 4.97. The lowest BCUT2D eigenvalue weighted by Crippen LogP contribution is -2.49. The van der Waals surface area contributed by atoms with Crippen molar-refractivity contribution in [2.45, 2.75) is 12.1 Å². The Kier molecular flexibility index (Phi) is 6.06. The number of halogens is 1. The number of thioether (sulfide) groups is 1. The van der Waals surface area contributed by atoms with Crippen LogP contribution in [0.5, 0.6) is 0 Å². The smallest absolute Gasteiger partial charge is 0.277 e. The van der Waals surface area contributed by atoms with Crippen LogP contribution >= 0.6 is 23.4 Å². The van der Waals surface area contributed by atoms with Crippen LogP contribution in [-0.2, 0) is 4.79 Å². The second kappa shape index (κ2) is 8.88. The summed E-state index contributed by atoms with van der Waals surface area (Å²) in [4.78, 5) is 16.7. The lowest BCUT2D eigenvalue weighted by Gasteiger charge is -2.36. The van der Waals surface area contributed by atoms with Crippen molar-refractivity contribution in [3.8, 4) is 11.5 Å². The van der Waals surface area contributed by atoms with Gasteiger partial charge in [0.1, 0.15) is 0 Å². The third kappa shape index (κ3) is 4.92. The summed E-state index contributed by atoms with van der Waals surface area (Å²) in [5.41, 5.74) is 3.14. The number of carbonyl (C=O) groups is 1. The summed E-state index contributed by atoms with van der Waals surface area (Å²) in [6, 6.07) is 15.7. The van der Waals surface area contributed by atoms with Crippen molar-refractivity contribution in [3.05, 3.63) is 59.1 Å². The Morgan fingerprint density at radius 1 is 1.10 bits per heavy atom. The zero-order valence-corrected chi connectivity index (χ0v) is 17.6. The lowest BCUT2D eigenvalue weighted by atomic mass is 10.1. The van der Waals surface area contributed by atoms with Crippen LogP contribution in [0.1, 0.15) is 5.56 Å². The number of amides is 1. The molecule has 0 saturated carbocycles. The summed E-state index contributed by atoms with van der Waals surface area (Å²) in [5.74, 6) is 0.832. The van der Waals surface area contributed by atoms with E-state index >= 15 is 0 Å². The predicted molar refractivity (Wildman–Crippen MR) is 115 cm³/mol. The van der Waals surface area contributed by atoms with Crippen LogP contribution in [0.2, 0.25) is 5.02 Å². The Hall–Kier alpha value is -2.51. The first-order valence-electron chi connectivity index (χ1n) is 9.40. The van der Waals surface area contributed by atoms with Crippen LogP contribution in [0, 0.1) is 6.92 Å². The molecule has 0 bridgehead atoms. The standard InChI is InChI=1S/C21H21ClN4O2S/c1-15-5-7-16(8-6-15)20-23-24-21(28-20)29-14-19(27)26-11-9-25(10-12-26)18-4-2-3-17(22)13-18/h2-8,13H,9-12,14H2,1H3. The second-order valence-corrected chi connectivity index (χ2v) is 8.24. The molecule has 0 spiro atoms. The maximum atomic E-state index is 12.6. The lowest BCUT2D eigenvalue weighted by molar-refractivity contribution is -0.128. The van der Waals surface area contributed by atoms with E-state index in [2.05, 4.69) is 15.1 Å². The van der Waals surface area contributed by atoms with Gasteiger partial charge < -0.3 is 14.2 Å². The van der Waals surface area contributed by atoms with Gasteiger partial charge in [-0.25, -0.2) is 0 Å². The highest BCUT2D eigenvalue weighted by Gasteiger charge is 2.22. The topological polar surface area (TPSA) is 62.5 Å².